The van der Waals surface area contributed by atoms with Crippen molar-refractivity contribution >= 4 is 21.6 Å². The molecule has 2 rings (SSSR count). The molecule has 0 aliphatic rings. The number of hydrogen-bond donors (Lipinski definition) is 0. The van der Waals surface area contributed by atoms with Crippen LogP contribution in [-0.4, -0.2) is 47.3 Å². The second kappa shape index (κ2) is 8.68. The van der Waals surface area contributed by atoms with Crippen molar-refractivity contribution in [1.29, 1.82) is 0 Å². The molecule has 0 aliphatic heterocycles. The monoisotopic (exact) mass is 392 g/mol. The average Bonchev–Trinajstić information content (AvgIpc) is 2.64. The van der Waals surface area contributed by atoms with Crippen molar-refractivity contribution in [2.45, 2.75) is 5.75 Å². The van der Waals surface area contributed by atoms with E-state index in [-0.39, 0.29) is 16.9 Å². The van der Waals surface area contributed by atoms with E-state index in [1.54, 1.807) is 24.3 Å². The van der Waals surface area contributed by atoms with Crippen molar-refractivity contribution < 1.29 is 32.2 Å². The molecule has 27 heavy (non-hydrogen) atoms. The van der Waals surface area contributed by atoms with Gasteiger partial charge in [-0.25, -0.2) is 13.2 Å². The minimum atomic E-state index is -3.23. The Morgan fingerprint density at radius 2 is 1.74 bits per heavy atom. The highest BCUT2D eigenvalue weighted by molar-refractivity contribution is 7.89. The minimum Gasteiger partial charge on any atom is -0.497 e. The lowest BCUT2D eigenvalue weighted by molar-refractivity contribution is 0.0474. The zero-order valence-corrected chi connectivity index (χ0v) is 16.0. The van der Waals surface area contributed by atoms with Gasteiger partial charge in [0.05, 0.1) is 31.1 Å². The number of carbonyl (C=O) groups excluding carboxylic acids is 2. The number of Topliss-reactive ketones (excluding diaryl/α,β-unsaturated/α-hetero) is 1. The first-order valence-corrected chi connectivity index (χ1v) is 9.98. The smallest absolute Gasteiger partial charge is 0.338 e. The predicted molar refractivity (Wildman–Crippen MR) is 99.1 cm³/mol. The van der Waals surface area contributed by atoms with Crippen molar-refractivity contribution in [3.05, 3.63) is 59.2 Å². The lowest BCUT2D eigenvalue weighted by Gasteiger charge is -2.10. The zero-order chi connectivity index (χ0) is 20.0. The van der Waals surface area contributed by atoms with Gasteiger partial charge in [-0.1, -0.05) is 12.1 Å². The molecule has 0 saturated heterocycles. The molecule has 8 heteroatoms. The van der Waals surface area contributed by atoms with Gasteiger partial charge in [0.2, 0.25) is 5.78 Å². The number of methoxy groups -OCH3 is 2. The molecule has 144 valence electrons. The Bertz CT molecular complexity index is 948. The standard InChI is InChI=1S/C19H20O7S/c1-24-15-7-8-16(18(10-15)25-2)17(20)11-26-19(21)14-6-4-5-13(9-14)12-27(3,22)23/h4-10H,11-12H2,1-3H3. The fourth-order valence-corrected chi connectivity index (χ4v) is 3.20. The van der Waals surface area contributed by atoms with Crippen molar-refractivity contribution in [2.75, 3.05) is 27.1 Å². The SMILES string of the molecule is COc1ccc(C(=O)COC(=O)c2cccc(CS(C)(=O)=O)c2)c(OC)c1. The van der Waals surface area contributed by atoms with Crippen LogP contribution in [0.4, 0.5) is 0 Å². The Hall–Kier alpha value is -2.87. The van der Waals surface area contributed by atoms with Crippen molar-refractivity contribution in [1.82, 2.24) is 0 Å². The van der Waals surface area contributed by atoms with Gasteiger partial charge in [0, 0.05) is 12.3 Å². The Labute approximate surface area is 157 Å². The molecule has 0 bridgehead atoms. The number of sulfone groups is 1. The highest BCUT2D eigenvalue weighted by atomic mass is 32.2. The van der Waals surface area contributed by atoms with E-state index in [2.05, 4.69) is 0 Å². The molecule has 0 fully saturated rings. The highest BCUT2D eigenvalue weighted by Gasteiger charge is 2.17. The fraction of sp³-hybridized carbons (Fsp3) is 0.263. The Morgan fingerprint density at radius 3 is 2.37 bits per heavy atom. The molecular formula is C19H20O7S. The van der Waals surface area contributed by atoms with Crippen LogP contribution in [0.3, 0.4) is 0 Å². The van der Waals surface area contributed by atoms with Crippen LogP contribution in [0.25, 0.3) is 0 Å². The summed E-state index contributed by atoms with van der Waals surface area (Å²) < 4.78 is 38.1. The van der Waals surface area contributed by atoms with E-state index in [9.17, 15) is 18.0 Å². The minimum absolute atomic E-state index is 0.172. The van der Waals surface area contributed by atoms with Crippen LogP contribution >= 0.6 is 0 Å². The van der Waals surface area contributed by atoms with Crippen LogP contribution in [0.5, 0.6) is 11.5 Å². The number of esters is 1. The summed E-state index contributed by atoms with van der Waals surface area (Å²) in [6.45, 7) is -0.474. The molecule has 0 heterocycles. The van der Waals surface area contributed by atoms with Gasteiger partial charge in [-0.2, -0.15) is 0 Å². The summed E-state index contributed by atoms with van der Waals surface area (Å²) in [6, 6.07) is 10.8. The van der Waals surface area contributed by atoms with Crippen molar-refractivity contribution in [3.63, 3.8) is 0 Å². The number of carbonyl (C=O) groups is 2. The van der Waals surface area contributed by atoms with E-state index in [0.29, 0.717) is 17.1 Å². The van der Waals surface area contributed by atoms with E-state index in [0.717, 1.165) is 6.26 Å². The number of benzene rings is 2. The van der Waals surface area contributed by atoms with Gasteiger partial charge < -0.3 is 14.2 Å². The summed E-state index contributed by atoms with van der Waals surface area (Å²) >= 11 is 0. The second-order valence-corrected chi connectivity index (χ2v) is 7.98. The Morgan fingerprint density at radius 1 is 1.00 bits per heavy atom. The van der Waals surface area contributed by atoms with Crippen molar-refractivity contribution in [2.24, 2.45) is 0 Å². The fourth-order valence-electron chi connectivity index (χ4n) is 2.41. The molecular weight excluding hydrogens is 372 g/mol. The van der Waals surface area contributed by atoms with E-state index in [1.807, 2.05) is 0 Å². The maximum Gasteiger partial charge on any atom is 0.338 e. The van der Waals surface area contributed by atoms with E-state index >= 15 is 0 Å². The van der Waals surface area contributed by atoms with Gasteiger partial charge in [0.25, 0.3) is 0 Å². The summed E-state index contributed by atoms with van der Waals surface area (Å²) in [5, 5.41) is 0. The maximum atomic E-state index is 12.3. The van der Waals surface area contributed by atoms with Crippen LogP contribution in [0, 0.1) is 0 Å². The quantitative estimate of drug-likeness (QED) is 0.502. The third-order valence-corrected chi connectivity index (χ3v) is 4.49. The van der Waals surface area contributed by atoms with E-state index in [4.69, 9.17) is 14.2 Å². The van der Waals surface area contributed by atoms with Crippen LogP contribution in [0.1, 0.15) is 26.3 Å². The van der Waals surface area contributed by atoms with Crippen LogP contribution in [-0.2, 0) is 20.3 Å². The summed E-state index contributed by atoms with van der Waals surface area (Å²) in [5.74, 6) is -0.495. The molecule has 2 aromatic rings. The summed E-state index contributed by atoms with van der Waals surface area (Å²) in [7, 11) is -0.308. The van der Waals surface area contributed by atoms with Crippen molar-refractivity contribution in [3.8, 4) is 11.5 Å². The molecule has 2 aromatic carbocycles. The molecule has 0 amide bonds. The zero-order valence-electron chi connectivity index (χ0n) is 15.2. The first-order valence-electron chi connectivity index (χ1n) is 7.92. The molecule has 0 radical (unpaired) electrons. The maximum absolute atomic E-state index is 12.3. The number of hydrogen-bond acceptors (Lipinski definition) is 7. The van der Waals surface area contributed by atoms with E-state index in [1.165, 1.54) is 32.4 Å². The highest BCUT2D eigenvalue weighted by Crippen LogP contribution is 2.25. The number of ketones is 1. The molecule has 0 atom stereocenters. The third kappa shape index (κ3) is 5.82. The summed E-state index contributed by atoms with van der Waals surface area (Å²) in [6.07, 6.45) is 1.11. The third-order valence-electron chi connectivity index (χ3n) is 3.63. The topological polar surface area (TPSA) is 96.0 Å². The largest absolute Gasteiger partial charge is 0.497 e. The van der Waals surface area contributed by atoms with Crippen LogP contribution in [0.2, 0.25) is 0 Å². The van der Waals surface area contributed by atoms with Crippen LogP contribution < -0.4 is 9.47 Å². The first-order chi connectivity index (χ1) is 12.7. The molecule has 0 spiro atoms. The van der Waals surface area contributed by atoms with Gasteiger partial charge in [0.1, 0.15) is 11.5 Å². The molecule has 0 unspecified atom stereocenters. The van der Waals surface area contributed by atoms with Gasteiger partial charge in [-0.3, -0.25) is 4.79 Å². The summed E-state index contributed by atoms with van der Waals surface area (Å²) in [5.41, 5.74) is 0.901. The Kier molecular flexibility index (Phi) is 6.57. The number of rotatable bonds is 8. The average molecular weight is 392 g/mol. The predicted octanol–water partition coefficient (Wildman–Crippen LogP) is 2.29. The lowest BCUT2D eigenvalue weighted by atomic mass is 10.1. The lowest BCUT2D eigenvalue weighted by Crippen LogP contribution is -2.15. The normalized spacial score (nSPS) is 10.9. The number of ether oxygens (including phenoxy) is 3. The second-order valence-electron chi connectivity index (χ2n) is 5.84. The van der Waals surface area contributed by atoms with Gasteiger partial charge in [0.15, 0.2) is 16.4 Å². The Balaban J connectivity index is 2.07. The van der Waals surface area contributed by atoms with Gasteiger partial charge in [-0.15, -0.1) is 0 Å². The molecule has 0 saturated carbocycles. The summed E-state index contributed by atoms with van der Waals surface area (Å²) in [4.78, 5) is 24.5. The molecule has 0 N–H and O–H groups in total. The molecule has 0 aliphatic carbocycles. The van der Waals surface area contributed by atoms with Gasteiger partial charge >= 0.3 is 5.97 Å². The van der Waals surface area contributed by atoms with Crippen LogP contribution in [0.15, 0.2) is 42.5 Å². The molecule has 7 nitrogen and oxygen atoms in total. The molecule has 0 aromatic heterocycles. The van der Waals surface area contributed by atoms with E-state index < -0.39 is 28.2 Å². The van der Waals surface area contributed by atoms with Gasteiger partial charge in [-0.05, 0) is 29.8 Å². The first kappa shape index (κ1) is 20.4.